The second kappa shape index (κ2) is 10.9. The van der Waals surface area contributed by atoms with Gasteiger partial charge in [-0.1, -0.05) is 12.1 Å². The molecule has 0 aromatic heterocycles. The summed E-state index contributed by atoms with van der Waals surface area (Å²) >= 11 is 0. The smallest absolute Gasteiger partial charge is 0.309 e. The SMILES string of the molecule is N#C/C=C/CCC1CCC(OC(=O)[C@H]2CC[C@H](c3ccc(C#N)c(F)c3)CC2)CC1. The Morgan fingerprint density at radius 1 is 1.10 bits per heavy atom. The first-order chi connectivity index (χ1) is 14.6. The second-order valence-electron chi connectivity index (χ2n) is 8.59. The van der Waals surface area contributed by atoms with Gasteiger partial charge in [-0.05, 0) is 93.7 Å². The van der Waals surface area contributed by atoms with E-state index in [0.717, 1.165) is 69.8 Å². The molecule has 158 valence electrons. The zero-order valence-electron chi connectivity index (χ0n) is 17.4. The summed E-state index contributed by atoms with van der Waals surface area (Å²) in [5, 5.41) is 17.4. The lowest BCUT2D eigenvalue weighted by atomic mass is 9.78. The number of carbonyl (C=O) groups excluding carboxylic acids is 1. The number of ether oxygens (including phenoxy) is 1. The first-order valence-electron chi connectivity index (χ1n) is 11.1. The number of esters is 1. The molecule has 2 aliphatic rings. The Labute approximate surface area is 178 Å². The van der Waals surface area contributed by atoms with Crippen LogP contribution in [0.4, 0.5) is 4.39 Å². The normalized spacial score (nSPS) is 26.6. The van der Waals surface area contributed by atoms with E-state index in [0.29, 0.717) is 5.92 Å². The zero-order valence-corrected chi connectivity index (χ0v) is 17.4. The van der Waals surface area contributed by atoms with Gasteiger partial charge in [0.25, 0.3) is 0 Å². The number of halogens is 1. The van der Waals surface area contributed by atoms with Gasteiger partial charge in [-0.3, -0.25) is 4.79 Å². The number of nitrogens with zero attached hydrogens (tertiary/aromatic N) is 2. The lowest BCUT2D eigenvalue weighted by Crippen LogP contribution is -2.29. The van der Waals surface area contributed by atoms with Crippen molar-refractivity contribution >= 4 is 5.97 Å². The van der Waals surface area contributed by atoms with Crippen molar-refractivity contribution in [2.24, 2.45) is 11.8 Å². The highest BCUT2D eigenvalue weighted by atomic mass is 19.1. The largest absolute Gasteiger partial charge is 0.462 e. The van der Waals surface area contributed by atoms with Gasteiger partial charge in [0.05, 0.1) is 17.6 Å². The van der Waals surface area contributed by atoms with Crippen LogP contribution in [0.25, 0.3) is 0 Å². The van der Waals surface area contributed by atoms with Crippen LogP contribution >= 0.6 is 0 Å². The Balaban J connectivity index is 1.40. The van der Waals surface area contributed by atoms with Crippen molar-refractivity contribution in [2.75, 3.05) is 0 Å². The fourth-order valence-electron chi connectivity index (χ4n) is 4.81. The van der Waals surface area contributed by atoms with E-state index in [-0.39, 0.29) is 29.5 Å². The van der Waals surface area contributed by atoms with Crippen molar-refractivity contribution in [1.82, 2.24) is 0 Å². The summed E-state index contributed by atoms with van der Waals surface area (Å²) < 4.78 is 19.7. The van der Waals surface area contributed by atoms with Crippen LogP contribution in [-0.2, 0) is 9.53 Å². The van der Waals surface area contributed by atoms with E-state index < -0.39 is 5.82 Å². The van der Waals surface area contributed by atoms with Crippen molar-refractivity contribution in [1.29, 1.82) is 10.5 Å². The van der Waals surface area contributed by atoms with Crippen LogP contribution in [0.1, 0.15) is 81.3 Å². The molecule has 4 nitrogen and oxygen atoms in total. The van der Waals surface area contributed by atoms with E-state index in [1.165, 1.54) is 6.07 Å². The molecule has 0 saturated heterocycles. The molecule has 2 fully saturated rings. The van der Waals surface area contributed by atoms with Gasteiger partial charge in [-0.15, -0.1) is 0 Å². The minimum atomic E-state index is -0.465. The van der Waals surface area contributed by atoms with Crippen LogP contribution in [0.5, 0.6) is 0 Å². The molecule has 5 heteroatoms. The van der Waals surface area contributed by atoms with Gasteiger partial charge < -0.3 is 4.74 Å². The summed E-state index contributed by atoms with van der Waals surface area (Å²) in [7, 11) is 0. The van der Waals surface area contributed by atoms with E-state index in [2.05, 4.69) is 0 Å². The summed E-state index contributed by atoms with van der Waals surface area (Å²) in [4.78, 5) is 12.6. The van der Waals surface area contributed by atoms with Crippen molar-refractivity contribution in [3.05, 3.63) is 47.3 Å². The molecule has 0 atom stereocenters. The molecule has 2 saturated carbocycles. The van der Waals surface area contributed by atoms with E-state index in [9.17, 15) is 9.18 Å². The molecule has 2 aliphatic carbocycles. The highest BCUT2D eigenvalue weighted by Gasteiger charge is 2.31. The van der Waals surface area contributed by atoms with Gasteiger partial charge in [0, 0.05) is 6.08 Å². The number of hydrogen-bond donors (Lipinski definition) is 0. The van der Waals surface area contributed by atoms with Gasteiger partial charge in [-0.25, -0.2) is 4.39 Å². The van der Waals surface area contributed by atoms with E-state index in [4.69, 9.17) is 15.3 Å². The third kappa shape index (κ3) is 5.92. The van der Waals surface area contributed by atoms with Crippen LogP contribution in [-0.4, -0.2) is 12.1 Å². The van der Waals surface area contributed by atoms with Gasteiger partial charge in [0.2, 0.25) is 0 Å². The summed E-state index contributed by atoms with van der Waals surface area (Å²) in [5.41, 5.74) is 0.991. The highest BCUT2D eigenvalue weighted by Crippen LogP contribution is 2.37. The monoisotopic (exact) mass is 408 g/mol. The predicted octanol–water partition coefficient (Wildman–Crippen LogP) is 5.93. The third-order valence-electron chi connectivity index (χ3n) is 6.66. The molecule has 0 N–H and O–H groups in total. The maximum absolute atomic E-state index is 13.9. The van der Waals surface area contributed by atoms with Crippen LogP contribution in [0.15, 0.2) is 30.4 Å². The topological polar surface area (TPSA) is 73.9 Å². The second-order valence-corrected chi connectivity index (χ2v) is 8.59. The van der Waals surface area contributed by atoms with Crippen LogP contribution in [0.2, 0.25) is 0 Å². The molecule has 3 rings (SSSR count). The number of allylic oxidation sites excluding steroid dienone is 2. The van der Waals surface area contributed by atoms with E-state index in [1.54, 1.807) is 12.1 Å². The molecule has 0 amide bonds. The minimum Gasteiger partial charge on any atom is -0.462 e. The molecule has 30 heavy (non-hydrogen) atoms. The third-order valence-corrected chi connectivity index (χ3v) is 6.66. The summed E-state index contributed by atoms with van der Waals surface area (Å²) in [5.74, 6) is 0.305. The van der Waals surface area contributed by atoms with E-state index in [1.807, 2.05) is 24.3 Å². The molecule has 0 unspecified atom stereocenters. The average Bonchev–Trinajstić information content (AvgIpc) is 2.78. The Morgan fingerprint density at radius 2 is 1.83 bits per heavy atom. The average molecular weight is 409 g/mol. The standard InChI is InChI=1S/C25H29FN2O2/c26-24-16-21(11-12-22(24)17-28)19-7-9-20(10-8-19)25(29)30-23-13-5-18(6-14-23)4-2-1-3-15-27/h1,3,11-12,16,18-20,23H,2,4-10,13-14H2/b3-1+/t18?,19-,20-,23?. The van der Waals surface area contributed by atoms with Crippen LogP contribution in [0.3, 0.4) is 0 Å². The molecule has 0 bridgehead atoms. The van der Waals surface area contributed by atoms with Gasteiger partial charge in [0.15, 0.2) is 0 Å². The van der Waals surface area contributed by atoms with Gasteiger partial charge >= 0.3 is 5.97 Å². The zero-order chi connectivity index (χ0) is 21.3. The number of benzene rings is 1. The molecule has 0 radical (unpaired) electrons. The van der Waals surface area contributed by atoms with Gasteiger partial charge in [0.1, 0.15) is 18.0 Å². The van der Waals surface area contributed by atoms with Crippen LogP contribution < -0.4 is 0 Å². The number of carbonyl (C=O) groups is 1. The van der Waals surface area contributed by atoms with Crippen molar-refractivity contribution in [2.45, 2.75) is 76.2 Å². The molecule has 0 heterocycles. The fourth-order valence-corrected chi connectivity index (χ4v) is 4.81. The Morgan fingerprint density at radius 3 is 2.47 bits per heavy atom. The fraction of sp³-hybridized carbons (Fsp3) is 0.560. The Hall–Kier alpha value is -2.66. The van der Waals surface area contributed by atoms with Crippen molar-refractivity contribution in [3.63, 3.8) is 0 Å². The van der Waals surface area contributed by atoms with Gasteiger partial charge in [-0.2, -0.15) is 10.5 Å². The molecular formula is C25H29FN2O2. The number of rotatable bonds is 6. The first kappa shape index (κ1) is 22.0. The molecule has 0 aliphatic heterocycles. The summed E-state index contributed by atoms with van der Waals surface area (Å²) in [6.07, 6.45) is 12.8. The maximum Gasteiger partial charge on any atom is 0.309 e. The molecular weight excluding hydrogens is 379 g/mol. The van der Waals surface area contributed by atoms with E-state index >= 15 is 0 Å². The lowest BCUT2D eigenvalue weighted by Gasteiger charge is -2.31. The number of nitriles is 2. The molecule has 1 aromatic carbocycles. The minimum absolute atomic E-state index is 0.0359. The first-order valence-corrected chi connectivity index (χ1v) is 11.1. The lowest BCUT2D eigenvalue weighted by molar-refractivity contribution is -0.157. The molecule has 0 spiro atoms. The van der Waals surface area contributed by atoms with Crippen molar-refractivity contribution in [3.8, 4) is 12.1 Å². The highest BCUT2D eigenvalue weighted by molar-refractivity contribution is 5.72. The Kier molecular flexibility index (Phi) is 8.03. The summed E-state index contributed by atoms with van der Waals surface area (Å²) in [6.45, 7) is 0. The Bertz CT molecular complexity index is 836. The number of hydrogen-bond acceptors (Lipinski definition) is 4. The molecule has 1 aromatic rings. The summed E-state index contributed by atoms with van der Waals surface area (Å²) in [6, 6.07) is 8.72. The van der Waals surface area contributed by atoms with Crippen molar-refractivity contribution < 1.29 is 13.9 Å². The maximum atomic E-state index is 13.9. The quantitative estimate of drug-likeness (QED) is 0.432. The van der Waals surface area contributed by atoms with Crippen LogP contribution in [0, 0.1) is 40.3 Å². The predicted molar refractivity (Wildman–Crippen MR) is 112 cm³/mol.